The number of epoxide rings is 3. The summed E-state index contributed by atoms with van der Waals surface area (Å²) in [6.45, 7) is 5.88. The monoisotopic (exact) mass is 291 g/mol. The first-order valence-electron chi connectivity index (χ1n) is 7.63. The van der Waals surface area contributed by atoms with Crippen molar-refractivity contribution < 1.29 is 18.9 Å². The van der Waals surface area contributed by atoms with Crippen molar-refractivity contribution in [2.75, 3.05) is 44.4 Å². The van der Waals surface area contributed by atoms with Crippen molar-refractivity contribution in [1.82, 2.24) is 0 Å². The van der Waals surface area contributed by atoms with Gasteiger partial charge in [-0.1, -0.05) is 12.1 Å². The lowest BCUT2D eigenvalue weighted by Gasteiger charge is -2.23. The molecule has 0 aliphatic carbocycles. The lowest BCUT2D eigenvalue weighted by atomic mass is 10.2. The van der Waals surface area contributed by atoms with Crippen LogP contribution < -0.4 is 4.90 Å². The molecule has 0 N–H and O–H groups in total. The molecular formula is C16H21NO4. The van der Waals surface area contributed by atoms with Crippen LogP contribution in [0.3, 0.4) is 0 Å². The summed E-state index contributed by atoms with van der Waals surface area (Å²) >= 11 is 0. The highest BCUT2D eigenvalue weighted by molar-refractivity contribution is 5.48. The highest BCUT2D eigenvalue weighted by Crippen LogP contribution is 2.23. The quantitative estimate of drug-likeness (QED) is 0.640. The van der Waals surface area contributed by atoms with Gasteiger partial charge in [0, 0.05) is 18.8 Å². The molecule has 3 unspecified atom stereocenters. The number of ether oxygens (including phenoxy) is 4. The minimum Gasteiger partial charge on any atom is -0.374 e. The third kappa shape index (κ3) is 4.17. The maximum Gasteiger partial charge on any atom is 0.104 e. The third-order valence-electron chi connectivity index (χ3n) is 3.93. The summed E-state index contributed by atoms with van der Waals surface area (Å²) in [6, 6.07) is 8.60. The minimum absolute atomic E-state index is 0.330. The summed E-state index contributed by atoms with van der Waals surface area (Å²) in [4.78, 5) is 2.36. The predicted octanol–water partition coefficient (Wildman–Crippen LogP) is 1.21. The number of rotatable bonds is 9. The van der Waals surface area contributed by atoms with Crippen LogP contribution in [0.15, 0.2) is 24.3 Å². The highest BCUT2D eigenvalue weighted by Gasteiger charge is 2.30. The number of anilines is 1. The maximum atomic E-state index is 5.61. The molecule has 0 saturated carbocycles. The first-order valence-corrected chi connectivity index (χ1v) is 7.63. The Kier molecular flexibility index (Phi) is 3.82. The molecule has 1 aromatic carbocycles. The second-order valence-electron chi connectivity index (χ2n) is 5.95. The van der Waals surface area contributed by atoms with Crippen molar-refractivity contribution in [1.29, 1.82) is 0 Å². The predicted molar refractivity (Wildman–Crippen MR) is 77.5 cm³/mol. The van der Waals surface area contributed by atoms with Crippen LogP contribution in [-0.4, -0.2) is 57.8 Å². The average molecular weight is 291 g/mol. The molecule has 5 heteroatoms. The highest BCUT2D eigenvalue weighted by atomic mass is 16.6. The second kappa shape index (κ2) is 5.93. The Labute approximate surface area is 124 Å². The largest absolute Gasteiger partial charge is 0.374 e. The molecule has 1 aromatic rings. The van der Waals surface area contributed by atoms with Crippen LogP contribution in [0.5, 0.6) is 0 Å². The van der Waals surface area contributed by atoms with Gasteiger partial charge in [0.05, 0.1) is 45.2 Å². The van der Waals surface area contributed by atoms with Crippen LogP contribution >= 0.6 is 0 Å². The topological polar surface area (TPSA) is 50.1 Å². The summed E-state index contributed by atoms with van der Waals surface area (Å²) in [7, 11) is 0. The van der Waals surface area contributed by atoms with Gasteiger partial charge in [-0.15, -0.1) is 0 Å². The van der Waals surface area contributed by atoms with Crippen LogP contribution in [0, 0.1) is 0 Å². The fraction of sp³-hybridized carbons (Fsp3) is 0.625. The molecule has 0 radical (unpaired) electrons. The van der Waals surface area contributed by atoms with Gasteiger partial charge in [-0.3, -0.25) is 0 Å². The van der Waals surface area contributed by atoms with Gasteiger partial charge in [0.2, 0.25) is 0 Å². The van der Waals surface area contributed by atoms with E-state index in [1.807, 2.05) is 0 Å². The van der Waals surface area contributed by atoms with Crippen LogP contribution in [0.2, 0.25) is 0 Å². The van der Waals surface area contributed by atoms with Gasteiger partial charge in [0.1, 0.15) is 6.10 Å². The molecule has 114 valence electrons. The average Bonchev–Trinajstić information content (AvgIpc) is 3.35. The van der Waals surface area contributed by atoms with Crippen LogP contribution in [-0.2, 0) is 25.6 Å². The smallest absolute Gasteiger partial charge is 0.104 e. The van der Waals surface area contributed by atoms with E-state index in [4.69, 9.17) is 18.9 Å². The zero-order valence-corrected chi connectivity index (χ0v) is 12.1. The molecule has 3 heterocycles. The van der Waals surface area contributed by atoms with Crippen molar-refractivity contribution in [3.63, 3.8) is 0 Å². The van der Waals surface area contributed by atoms with E-state index in [0.717, 1.165) is 32.9 Å². The lowest BCUT2D eigenvalue weighted by Crippen LogP contribution is -2.31. The number of hydrogen-bond acceptors (Lipinski definition) is 5. The molecule has 5 nitrogen and oxygen atoms in total. The Morgan fingerprint density at radius 2 is 1.48 bits per heavy atom. The van der Waals surface area contributed by atoms with Gasteiger partial charge in [0.15, 0.2) is 0 Å². The summed E-state index contributed by atoms with van der Waals surface area (Å²) in [5, 5.41) is 0. The molecule has 0 aromatic heterocycles. The molecule has 0 spiro atoms. The Bertz CT molecular complexity index is 452. The van der Waals surface area contributed by atoms with Crippen LogP contribution in [0.1, 0.15) is 5.56 Å². The van der Waals surface area contributed by atoms with Gasteiger partial charge < -0.3 is 23.8 Å². The zero-order chi connectivity index (χ0) is 14.1. The molecule has 4 rings (SSSR count). The van der Waals surface area contributed by atoms with E-state index in [2.05, 4.69) is 29.2 Å². The maximum absolute atomic E-state index is 5.61. The Hall–Kier alpha value is -1.14. The van der Waals surface area contributed by atoms with Crippen LogP contribution in [0.25, 0.3) is 0 Å². The Morgan fingerprint density at radius 1 is 0.905 bits per heavy atom. The third-order valence-corrected chi connectivity index (χ3v) is 3.93. The van der Waals surface area contributed by atoms with Crippen molar-refractivity contribution in [3.8, 4) is 0 Å². The van der Waals surface area contributed by atoms with E-state index in [0.29, 0.717) is 31.5 Å². The Morgan fingerprint density at radius 3 is 2.00 bits per heavy atom. The van der Waals surface area contributed by atoms with E-state index >= 15 is 0 Å². The number of benzene rings is 1. The van der Waals surface area contributed by atoms with Crippen molar-refractivity contribution in [2.24, 2.45) is 0 Å². The first kappa shape index (κ1) is 13.5. The van der Waals surface area contributed by atoms with E-state index < -0.39 is 0 Å². The summed E-state index contributed by atoms with van der Waals surface area (Å²) < 4.78 is 21.4. The molecule has 3 atom stereocenters. The zero-order valence-electron chi connectivity index (χ0n) is 12.1. The van der Waals surface area contributed by atoms with Crippen molar-refractivity contribution in [2.45, 2.75) is 24.9 Å². The minimum atomic E-state index is 0.330. The number of hydrogen-bond donors (Lipinski definition) is 0. The van der Waals surface area contributed by atoms with E-state index in [9.17, 15) is 0 Å². The fourth-order valence-electron chi connectivity index (χ4n) is 2.40. The summed E-state index contributed by atoms with van der Waals surface area (Å²) in [6.07, 6.45) is 1.12. The second-order valence-corrected chi connectivity index (χ2v) is 5.95. The molecule has 3 saturated heterocycles. The normalized spacial score (nSPS) is 29.2. The molecule has 0 bridgehead atoms. The molecule has 3 aliphatic rings. The van der Waals surface area contributed by atoms with E-state index in [1.165, 1.54) is 11.3 Å². The Balaban J connectivity index is 1.32. The van der Waals surface area contributed by atoms with Gasteiger partial charge >= 0.3 is 0 Å². The van der Waals surface area contributed by atoms with Crippen molar-refractivity contribution in [3.05, 3.63) is 29.8 Å². The van der Waals surface area contributed by atoms with E-state index in [-0.39, 0.29) is 0 Å². The molecule has 0 amide bonds. The first-order chi connectivity index (χ1) is 10.4. The van der Waals surface area contributed by atoms with Crippen LogP contribution in [0.4, 0.5) is 5.69 Å². The standard InChI is InChI=1S/C16H21NO4/c1-3-13(4-2-12(1)7-18-8-16-11-21-16)17(5-14-9-19-14)6-15-10-20-15/h1-4,14-16H,5-11H2. The van der Waals surface area contributed by atoms with Gasteiger partial charge in [-0.25, -0.2) is 0 Å². The molecule has 21 heavy (non-hydrogen) atoms. The fourth-order valence-corrected chi connectivity index (χ4v) is 2.40. The van der Waals surface area contributed by atoms with Crippen molar-refractivity contribution >= 4 is 5.69 Å². The molecule has 3 aliphatic heterocycles. The summed E-state index contributed by atoms with van der Waals surface area (Å²) in [5.74, 6) is 0. The lowest BCUT2D eigenvalue weighted by molar-refractivity contribution is 0.104. The SMILES string of the molecule is c1cc(N(CC2CO2)CC2CO2)ccc1COCC1CO1. The van der Waals surface area contributed by atoms with Gasteiger partial charge in [-0.05, 0) is 17.7 Å². The van der Waals surface area contributed by atoms with Gasteiger partial charge in [-0.2, -0.15) is 0 Å². The van der Waals surface area contributed by atoms with E-state index in [1.54, 1.807) is 0 Å². The summed E-state index contributed by atoms with van der Waals surface area (Å²) in [5.41, 5.74) is 2.43. The van der Waals surface area contributed by atoms with Gasteiger partial charge in [0.25, 0.3) is 0 Å². The number of nitrogens with zero attached hydrogens (tertiary/aromatic N) is 1. The molecular weight excluding hydrogens is 270 g/mol. The molecule has 3 fully saturated rings.